The lowest BCUT2D eigenvalue weighted by molar-refractivity contribution is -0.143. The van der Waals surface area contributed by atoms with Gasteiger partial charge in [0.05, 0.1) is 7.11 Å². The predicted molar refractivity (Wildman–Crippen MR) is 90.8 cm³/mol. The first-order chi connectivity index (χ1) is 12.0. The van der Waals surface area contributed by atoms with Gasteiger partial charge < -0.3 is 20.1 Å². The Kier molecular flexibility index (Phi) is 6.94. The first-order valence-corrected chi connectivity index (χ1v) is 8.42. The van der Waals surface area contributed by atoms with Crippen LogP contribution in [0.4, 0.5) is 0 Å². The second-order valence-corrected chi connectivity index (χ2v) is 5.87. The highest BCUT2D eigenvalue weighted by Gasteiger charge is 2.23. The zero-order chi connectivity index (χ0) is 18.2. The number of ether oxygens (including phenoxy) is 2. The Morgan fingerprint density at radius 1 is 1.28 bits per heavy atom. The van der Waals surface area contributed by atoms with Gasteiger partial charge in [-0.1, -0.05) is 19.1 Å². The quantitative estimate of drug-likeness (QED) is 0.721. The molecule has 1 aliphatic heterocycles. The zero-order valence-electron chi connectivity index (χ0n) is 14.5. The van der Waals surface area contributed by atoms with Crippen LogP contribution in [0.1, 0.15) is 42.1 Å². The Hall–Kier alpha value is -2.41. The fourth-order valence-electron chi connectivity index (χ4n) is 2.57. The van der Waals surface area contributed by atoms with Crippen molar-refractivity contribution in [2.24, 2.45) is 0 Å². The van der Waals surface area contributed by atoms with E-state index in [0.717, 1.165) is 18.4 Å². The second kappa shape index (κ2) is 9.17. The molecule has 1 aromatic carbocycles. The van der Waals surface area contributed by atoms with Crippen molar-refractivity contribution in [2.45, 2.75) is 44.9 Å². The lowest BCUT2D eigenvalue weighted by atomic mass is 10.1. The number of carbonyl (C=O) groups is 3. The topological polar surface area (TPSA) is 93.7 Å². The molecule has 7 heteroatoms. The van der Waals surface area contributed by atoms with Gasteiger partial charge in [-0.05, 0) is 37.0 Å². The SMILES string of the molecule is CC[C@H](NC(=O)c1ccc(CNC(=O)[C@H]2CCCO2)cc1)C(=O)OC. The Morgan fingerprint density at radius 3 is 2.56 bits per heavy atom. The predicted octanol–water partition coefficient (Wildman–Crippen LogP) is 1.16. The number of rotatable bonds is 7. The van der Waals surface area contributed by atoms with Crippen LogP contribution in [0, 0.1) is 0 Å². The lowest BCUT2D eigenvalue weighted by Crippen LogP contribution is -2.41. The van der Waals surface area contributed by atoms with Crippen molar-refractivity contribution in [1.29, 1.82) is 0 Å². The molecule has 0 unspecified atom stereocenters. The summed E-state index contributed by atoms with van der Waals surface area (Å²) in [5.41, 5.74) is 1.32. The third-order valence-electron chi connectivity index (χ3n) is 4.10. The molecule has 1 heterocycles. The van der Waals surface area contributed by atoms with E-state index in [4.69, 9.17) is 4.74 Å². The van der Waals surface area contributed by atoms with E-state index < -0.39 is 12.0 Å². The van der Waals surface area contributed by atoms with Crippen molar-refractivity contribution in [3.8, 4) is 0 Å². The van der Waals surface area contributed by atoms with Gasteiger partial charge >= 0.3 is 5.97 Å². The Bertz CT molecular complexity index is 608. The Labute approximate surface area is 147 Å². The van der Waals surface area contributed by atoms with E-state index in [2.05, 4.69) is 15.4 Å². The van der Waals surface area contributed by atoms with Crippen molar-refractivity contribution in [3.63, 3.8) is 0 Å². The number of benzene rings is 1. The summed E-state index contributed by atoms with van der Waals surface area (Å²) >= 11 is 0. The van der Waals surface area contributed by atoms with Gasteiger partial charge in [-0.2, -0.15) is 0 Å². The molecule has 0 aliphatic carbocycles. The average Bonchev–Trinajstić information content (AvgIpc) is 3.18. The number of hydrogen-bond donors (Lipinski definition) is 2. The fourth-order valence-corrected chi connectivity index (χ4v) is 2.57. The Balaban J connectivity index is 1.87. The van der Waals surface area contributed by atoms with E-state index in [1.807, 2.05) is 0 Å². The summed E-state index contributed by atoms with van der Waals surface area (Å²) in [7, 11) is 1.29. The maximum Gasteiger partial charge on any atom is 0.328 e. The van der Waals surface area contributed by atoms with E-state index in [1.165, 1.54) is 7.11 Å². The Morgan fingerprint density at radius 2 is 2.00 bits per heavy atom. The van der Waals surface area contributed by atoms with E-state index in [0.29, 0.717) is 25.1 Å². The first-order valence-electron chi connectivity index (χ1n) is 8.42. The summed E-state index contributed by atoms with van der Waals surface area (Å²) in [5.74, 6) is -0.917. The molecule has 2 atom stereocenters. The number of carbonyl (C=O) groups excluding carboxylic acids is 3. The summed E-state index contributed by atoms with van der Waals surface area (Å²) in [6.45, 7) is 2.80. The molecule has 0 saturated carbocycles. The van der Waals surface area contributed by atoms with Crippen LogP contribution in [0.25, 0.3) is 0 Å². The molecule has 7 nitrogen and oxygen atoms in total. The number of esters is 1. The van der Waals surface area contributed by atoms with Crippen molar-refractivity contribution in [1.82, 2.24) is 10.6 Å². The monoisotopic (exact) mass is 348 g/mol. The molecule has 0 radical (unpaired) electrons. The molecule has 0 bridgehead atoms. The molecular formula is C18H24N2O5. The molecule has 2 N–H and O–H groups in total. The molecule has 1 saturated heterocycles. The van der Waals surface area contributed by atoms with Gasteiger partial charge in [-0.25, -0.2) is 4.79 Å². The molecular weight excluding hydrogens is 324 g/mol. The zero-order valence-corrected chi connectivity index (χ0v) is 14.5. The van der Waals surface area contributed by atoms with Gasteiger partial charge in [-0.15, -0.1) is 0 Å². The number of methoxy groups -OCH3 is 1. The molecule has 1 aromatic rings. The highest BCUT2D eigenvalue weighted by atomic mass is 16.5. The molecule has 2 rings (SSSR count). The lowest BCUT2D eigenvalue weighted by Gasteiger charge is -2.14. The highest BCUT2D eigenvalue weighted by molar-refractivity contribution is 5.96. The number of nitrogens with one attached hydrogen (secondary N) is 2. The average molecular weight is 348 g/mol. The number of amides is 2. The largest absolute Gasteiger partial charge is 0.467 e. The maximum atomic E-state index is 12.2. The van der Waals surface area contributed by atoms with Gasteiger partial charge in [0.1, 0.15) is 12.1 Å². The van der Waals surface area contributed by atoms with E-state index >= 15 is 0 Å². The summed E-state index contributed by atoms with van der Waals surface area (Å²) in [6, 6.07) is 6.19. The smallest absolute Gasteiger partial charge is 0.328 e. The normalized spacial score (nSPS) is 17.6. The van der Waals surface area contributed by atoms with E-state index in [1.54, 1.807) is 31.2 Å². The fraction of sp³-hybridized carbons (Fsp3) is 0.500. The van der Waals surface area contributed by atoms with Crippen LogP contribution in [0.5, 0.6) is 0 Å². The molecule has 0 aromatic heterocycles. The standard InChI is InChI=1S/C18H24N2O5/c1-3-14(18(23)24-2)20-16(21)13-8-6-12(7-9-13)11-19-17(22)15-5-4-10-25-15/h6-9,14-15H,3-5,10-11H2,1-2H3,(H,19,22)(H,20,21)/t14-,15+/m0/s1. The summed E-state index contributed by atoms with van der Waals surface area (Å²) in [4.78, 5) is 35.6. The first kappa shape index (κ1) is 18.9. The highest BCUT2D eigenvalue weighted by Crippen LogP contribution is 2.12. The van der Waals surface area contributed by atoms with Crippen LogP contribution < -0.4 is 10.6 Å². The third kappa shape index (κ3) is 5.29. The van der Waals surface area contributed by atoms with Gasteiger partial charge in [0.2, 0.25) is 5.91 Å². The molecule has 136 valence electrons. The maximum absolute atomic E-state index is 12.2. The summed E-state index contributed by atoms with van der Waals surface area (Å²) < 4.78 is 9.98. The van der Waals surface area contributed by atoms with Gasteiger partial charge in [0.15, 0.2) is 0 Å². The van der Waals surface area contributed by atoms with Crippen molar-refractivity contribution in [2.75, 3.05) is 13.7 Å². The minimum absolute atomic E-state index is 0.108. The van der Waals surface area contributed by atoms with Gasteiger partial charge in [0, 0.05) is 18.7 Å². The summed E-state index contributed by atoms with van der Waals surface area (Å²) in [5, 5.41) is 5.47. The molecule has 1 fully saturated rings. The van der Waals surface area contributed by atoms with Crippen molar-refractivity contribution in [3.05, 3.63) is 35.4 Å². The molecule has 25 heavy (non-hydrogen) atoms. The van der Waals surface area contributed by atoms with Crippen LogP contribution in [0.2, 0.25) is 0 Å². The molecule has 2 amide bonds. The minimum atomic E-state index is -0.664. The second-order valence-electron chi connectivity index (χ2n) is 5.87. The number of hydrogen-bond acceptors (Lipinski definition) is 5. The molecule has 1 aliphatic rings. The van der Waals surface area contributed by atoms with E-state index in [-0.39, 0.29) is 17.9 Å². The van der Waals surface area contributed by atoms with Crippen molar-refractivity contribution < 1.29 is 23.9 Å². The van der Waals surface area contributed by atoms with Crippen LogP contribution in [0.15, 0.2) is 24.3 Å². The minimum Gasteiger partial charge on any atom is -0.467 e. The van der Waals surface area contributed by atoms with Crippen LogP contribution in [-0.4, -0.2) is 43.6 Å². The summed E-state index contributed by atoms with van der Waals surface area (Å²) in [6.07, 6.45) is 1.76. The van der Waals surface area contributed by atoms with Crippen LogP contribution in [0.3, 0.4) is 0 Å². The van der Waals surface area contributed by atoms with Gasteiger partial charge in [-0.3, -0.25) is 9.59 Å². The van der Waals surface area contributed by atoms with Crippen molar-refractivity contribution >= 4 is 17.8 Å². The third-order valence-corrected chi connectivity index (χ3v) is 4.10. The molecule has 0 spiro atoms. The van der Waals surface area contributed by atoms with Crippen LogP contribution >= 0.6 is 0 Å². The van der Waals surface area contributed by atoms with E-state index in [9.17, 15) is 14.4 Å². The van der Waals surface area contributed by atoms with Crippen LogP contribution in [-0.2, 0) is 25.6 Å². The van der Waals surface area contributed by atoms with Gasteiger partial charge in [0.25, 0.3) is 5.91 Å².